The molecule has 1 aromatic carbocycles. The second-order valence-electron chi connectivity index (χ2n) is 3.92. The second kappa shape index (κ2) is 3.78. The monoisotopic (exact) mass is 231 g/mol. The second-order valence-corrected chi connectivity index (χ2v) is 3.92. The van der Waals surface area contributed by atoms with Crippen molar-refractivity contribution in [3.63, 3.8) is 0 Å². The Bertz CT molecular complexity index is 563. The minimum atomic E-state index is 0.290. The van der Waals surface area contributed by atoms with Crippen molar-refractivity contribution >= 4 is 0 Å². The maximum absolute atomic E-state index is 5.58. The van der Waals surface area contributed by atoms with Crippen LogP contribution in [0.3, 0.4) is 0 Å². The first-order valence-electron chi connectivity index (χ1n) is 5.41. The van der Waals surface area contributed by atoms with Gasteiger partial charge in [0, 0.05) is 19.2 Å². The van der Waals surface area contributed by atoms with Gasteiger partial charge in [-0.05, 0) is 24.3 Å². The summed E-state index contributed by atoms with van der Waals surface area (Å²) in [7, 11) is 1.90. The normalized spacial score (nSPS) is 13.1. The van der Waals surface area contributed by atoms with Crippen LogP contribution in [0.1, 0.15) is 5.69 Å². The van der Waals surface area contributed by atoms with E-state index in [1.807, 2.05) is 36.0 Å². The standard InChI is InChI=1S/C12H13N3O2/c1-15-10(5-9(6-13)14-15)8-2-3-11-12(4-8)17-7-16-11/h2-5H,6-7,13H2,1H3. The van der Waals surface area contributed by atoms with Gasteiger partial charge in [0.05, 0.1) is 11.4 Å². The number of nitrogens with two attached hydrogens (primary N) is 1. The summed E-state index contributed by atoms with van der Waals surface area (Å²) in [6.45, 7) is 0.733. The van der Waals surface area contributed by atoms with E-state index in [0.29, 0.717) is 6.54 Å². The molecular formula is C12H13N3O2. The third-order valence-electron chi connectivity index (χ3n) is 2.81. The molecule has 0 saturated heterocycles. The van der Waals surface area contributed by atoms with Crippen LogP contribution < -0.4 is 15.2 Å². The molecule has 5 nitrogen and oxygen atoms in total. The highest BCUT2D eigenvalue weighted by molar-refractivity contribution is 5.65. The quantitative estimate of drug-likeness (QED) is 0.845. The maximum atomic E-state index is 5.58. The van der Waals surface area contributed by atoms with Crippen LogP contribution in [0, 0.1) is 0 Å². The molecule has 0 atom stereocenters. The zero-order chi connectivity index (χ0) is 11.8. The van der Waals surface area contributed by atoms with Crippen LogP contribution >= 0.6 is 0 Å². The summed E-state index contributed by atoms with van der Waals surface area (Å²) >= 11 is 0. The summed E-state index contributed by atoms with van der Waals surface area (Å²) in [5, 5.41) is 4.32. The van der Waals surface area contributed by atoms with Gasteiger partial charge in [-0.1, -0.05) is 0 Å². The molecular weight excluding hydrogens is 218 g/mol. The number of nitrogens with zero attached hydrogens (tertiary/aromatic N) is 2. The zero-order valence-corrected chi connectivity index (χ0v) is 9.51. The molecule has 0 saturated carbocycles. The number of fused-ring (bicyclic) bond motifs is 1. The first-order valence-corrected chi connectivity index (χ1v) is 5.41. The Balaban J connectivity index is 2.06. The van der Waals surface area contributed by atoms with E-state index in [1.165, 1.54) is 0 Å². The van der Waals surface area contributed by atoms with E-state index in [1.54, 1.807) is 0 Å². The van der Waals surface area contributed by atoms with E-state index in [2.05, 4.69) is 5.10 Å². The van der Waals surface area contributed by atoms with E-state index in [-0.39, 0.29) is 6.79 Å². The summed E-state index contributed by atoms with van der Waals surface area (Å²) in [5.41, 5.74) is 8.52. The number of rotatable bonds is 2. The summed E-state index contributed by atoms with van der Waals surface area (Å²) < 4.78 is 12.5. The number of ether oxygens (including phenoxy) is 2. The lowest BCUT2D eigenvalue weighted by Crippen LogP contribution is -1.98. The van der Waals surface area contributed by atoms with Crippen LogP contribution in [-0.2, 0) is 13.6 Å². The lowest BCUT2D eigenvalue weighted by Gasteiger charge is -2.03. The zero-order valence-electron chi connectivity index (χ0n) is 9.51. The molecule has 0 bridgehead atoms. The molecule has 3 rings (SSSR count). The van der Waals surface area contributed by atoms with Crippen LogP contribution in [0.15, 0.2) is 24.3 Å². The molecule has 17 heavy (non-hydrogen) atoms. The Morgan fingerprint density at radius 1 is 1.29 bits per heavy atom. The maximum Gasteiger partial charge on any atom is 0.231 e. The van der Waals surface area contributed by atoms with Crippen molar-refractivity contribution in [1.29, 1.82) is 0 Å². The Labute approximate surface area is 98.8 Å². The van der Waals surface area contributed by atoms with Gasteiger partial charge in [-0.3, -0.25) is 4.68 Å². The average molecular weight is 231 g/mol. The number of aromatic nitrogens is 2. The van der Waals surface area contributed by atoms with Crippen LogP contribution in [0.5, 0.6) is 11.5 Å². The fraction of sp³-hybridized carbons (Fsp3) is 0.250. The predicted molar refractivity (Wildman–Crippen MR) is 62.7 cm³/mol. The summed E-state index contributed by atoms with van der Waals surface area (Å²) in [6, 6.07) is 7.84. The Morgan fingerprint density at radius 2 is 2.12 bits per heavy atom. The van der Waals surface area contributed by atoms with E-state index in [4.69, 9.17) is 15.2 Å². The highest BCUT2D eigenvalue weighted by atomic mass is 16.7. The molecule has 1 aliphatic rings. The van der Waals surface area contributed by atoms with Crippen molar-refractivity contribution in [2.45, 2.75) is 6.54 Å². The molecule has 0 amide bonds. The van der Waals surface area contributed by atoms with Gasteiger partial charge >= 0.3 is 0 Å². The molecule has 0 radical (unpaired) electrons. The van der Waals surface area contributed by atoms with Gasteiger partial charge in [-0.25, -0.2) is 0 Å². The first kappa shape index (κ1) is 10.2. The number of benzene rings is 1. The Morgan fingerprint density at radius 3 is 2.88 bits per heavy atom. The molecule has 2 aromatic rings. The molecule has 5 heteroatoms. The number of hydrogen-bond donors (Lipinski definition) is 1. The van der Waals surface area contributed by atoms with Gasteiger partial charge in [0.25, 0.3) is 0 Å². The third-order valence-corrected chi connectivity index (χ3v) is 2.81. The SMILES string of the molecule is Cn1nc(CN)cc1-c1ccc2c(c1)OCO2. The van der Waals surface area contributed by atoms with Gasteiger partial charge in [0.1, 0.15) is 0 Å². The van der Waals surface area contributed by atoms with Crippen LogP contribution in [-0.4, -0.2) is 16.6 Å². The van der Waals surface area contributed by atoms with E-state index in [0.717, 1.165) is 28.5 Å². The number of hydrogen-bond acceptors (Lipinski definition) is 4. The average Bonchev–Trinajstić information content (AvgIpc) is 2.93. The van der Waals surface area contributed by atoms with Crippen molar-refractivity contribution in [2.75, 3.05) is 6.79 Å². The van der Waals surface area contributed by atoms with Crippen molar-refractivity contribution < 1.29 is 9.47 Å². The van der Waals surface area contributed by atoms with Gasteiger partial charge in [-0.15, -0.1) is 0 Å². The molecule has 2 N–H and O–H groups in total. The van der Waals surface area contributed by atoms with E-state index in [9.17, 15) is 0 Å². The molecule has 0 fully saturated rings. The summed E-state index contributed by atoms with van der Waals surface area (Å²) in [4.78, 5) is 0. The lowest BCUT2D eigenvalue weighted by atomic mass is 10.1. The Kier molecular flexibility index (Phi) is 2.26. The highest BCUT2D eigenvalue weighted by Gasteiger charge is 2.15. The fourth-order valence-corrected chi connectivity index (χ4v) is 1.95. The van der Waals surface area contributed by atoms with Crippen molar-refractivity contribution in [1.82, 2.24) is 9.78 Å². The van der Waals surface area contributed by atoms with Crippen molar-refractivity contribution in [3.05, 3.63) is 30.0 Å². The summed E-state index contributed by atoms with van der Waals surface area (Å²) in [5.74, 6) is 1.56. The van der Waals surface area contributed by atoms with Crippen LogP contribution in [0.25, 0.3) is 11.3 Å². The van der Waals surface area contributed by atoms with Gasteiger partial charge in [0.15, 0.2) is 11.5 Å². The van der Waals surface area contributed by atoms with Gasteiger partial charge in [0.2, 0.25) is 6.79 Å². The smallest absolute Gasteiger partial charge is 0.231 e. The topological polar surface area (TPSA) is 62.3 Å². The molecule has 88 valence electrons. The van der Waals surface area contributed by atoms with Crippen molar-refractivity contribution in [2.24, 2.45) is 12.8 Å². The minimum Gasteiger partial charge on any atom is -0.454 e. The van der Waals surface area contributed by atoms with Crippen molar-refractivity contribution in [3.8, 4) is 22.8 Å². The molecule has 2 heterocycles. The third kappa shape index (κ3) is 1.64. The van der Waals surface area contributed by atoms with Crippen LogP contribution in [0.2, 0.25) is 0 Å². The fourth-order valence-electron chi connectivity index (χ4n) is 1.95. The van der Waals surface area contributed by atoms with E-state index >= 15 is 0 Å². The van der Waals surface area contributed by atoms with Gasteiger partial charge in [-0.2, -0.15) is 5.10 Å². The molecule has 1 aromatic heterocycles. The molecule has 0 aliphatic carbocycles. The van der Waals surface area contributed by atoms with E-state index < -0.39 is 0 Å². The molecule has 0 spiro atoms. The predicted octanol–water partition coefficient (Wildman–Crippen LogP) is 1.27. The molecule has 1 aliphatic heterocycles. The lowest BCUT2D eigenvalue weighted by molar-refractivity contribution is 0.174. The number of aryl methyl sites for hydroxylation is 1. The summed E-state index contributed by atoms with van der Waals surface area (Å²) in [6.07, 6.45) is 0. The van der Waals surface area contributed by atoms with Gasteiger partial charge < -0.3 is 15.2 Å². The minimum absolute atomic E-state index is 0.290. The molecule has 0 unspecified atom stereocenters. The van der Waals surface area contributed by atoms with Crippen LogP contribution in [0.4, 0.5) is 0 Å². The first-order chi connectivity index (χ1) is 8.28. The largest absolute Gasteiger partial charge is 0.454 e. The highest BCUT2D eigenvalue weighted by Crippen LogP contribution is 2.35. The Hall–Kier alpha value is -2.01.